The van der Waals surface area contributed by atoms with E-state index in [4.69, 9.17) is 0 Å². The maximum atomic E-state index is 12.6. The summed E-state index contributed by atoms with van der Waals surface area (Å²) in [6, 6.07) is 11.5. The zero-order chi connectivity index (χ0) is 15.9. The van der Waals surface area contributed by atoms with E-state index in [0.717, 1.165) is 12.1 Å². The first-order valence-corrected chi connectivity index (χ1v) is 6.54. The summed E-state index contributed by atoms with van der Waals surface area (Å²) in [4.78, 5) is 4.27. The summed E-state index contributed by atoms with van der Waals surface area (Å²) in [6.07, 6.45) is -4.40. The maximum absolute atomic E-state index is 12.6. The van der Waals surface area contributed by atoms with Crippen molar-refractivity contribution in [3.63, 3.8) is 0 Å². The molecule has 2 aromatic carbocycles. The number of nitrogens with zero attached hydrogens (tertiary/aromatic N) is 2. The highest BCUT2D eigenvalue weighted by Gasteiger charge is 2.30. The molecule has 0 aliphatic heterocycles. The molecule has 0 bridgehead atoms. The van der Waals surface area contributed by atoms with Crippen molar-refractivity contribution in [1.29, 1.82) is 0 Å². The highest BCUT2D eigenvalue weighted by atomic mass is 19.4. The molecule has 0 radical (unpaired) electrons. The maximum Gasteiger partial charge on any atom is 0.416 e. The van der Waals surface area contributed by atoms with Crippen LogP contribution in [-0.2, 0) is 6.18 Å². The smallest absolute Gasteiger partial charge is 0.416 e. The molecular weight excluding hydrogens is 293 g/mol. The molecule has 112 valence electrons. The van der Waals surface area contributed by atoms with E-state index >= 15 is 0 Å². The monoisotopic (exact) mass is 304 g/mol. The van der Waals surface area contributed by atoms with Crippen molar-refractivity contribution in [2.75, 3.05) is 0 Å². The van der Waals surface area contributed by atoms with Crippen LogP contribution in [-0.4, -0.2) is 4.98 Å². The number of halogens is 3. The molecule has 0 atom stereocenters. The molecule has 1 heterocycles. The zero-order valence-electron chi connectivity index (χ0n) is 11.6. The van der Waals surface area contributed by atoms with E-state index in [0.29, 0.717) is 26.9 Å². The van der Waals surface area contributed by atoms with Gasteiger partial charge in [0.2, 0.25) is 0 Å². The Kier molecular flexibility index (Phi) is 3.24. The number of aromatic nitrogens is 2. The Morgan fingerprint density at radius 1 is 1.00 bits per heavy atom. The lowest BCUT2D eigenvalue weighted by molar-refractivity contribution is -0.601. The van der Waals surface area contributed by atoms with Crippen LogP contribution in [0.5, 0.6) is 0 Å². The van der Waals surface area contributed by atoms with Crippen molar-refractivity contribution in [3.05, 3.63) is 65.0 Å². The standard InChI is InChI=1S/C16H11F3N2O/c1-10-13-4-2-3-5-14(13)20-15(21(10)22)11-6-8-12(9-7-11)16(17,18)19/h2-9H,1H3. The summed E-state index contributed by atoms with van der Waals surface area (Å²) in [5.41, 5.74) is 0.672. The SMILES string of the molecule is Cc1c2ccccc2nc(-c2ccc(C(F)(F)F)cc2)[n+]1[O-]. The van der Waals surface area contributed by atoms with Crippen LogP contribution in [0.25, 0.3) is 22.3 Å². The molecule has 3 rings (SSSR count). The van der Waals surface area contributed by atoms with Crippen LogP contribution in [0, 0.1) is 12.1 Å². The number of hydrogen-bond acceptors (Lipinski definition) is 2. The van der Waals surface area contributed by atoms with Crippen LogP contribution in [0.1, 0.15) is 11.3 Å². The van der Waals surface area contributed by atoms with Gasteiger partial charge in [0.1, 0.15) is 5.69 Å². The Morgan fingerprint density at radius 3 is 2.27 bits per heavy atom. The molecule has 3 nitrogen and oxygen atoms in total. The normalized spacial score (nSPS) is 11.8. The summed E-state index contributed by atoms with van der Waals surface area (Å²) in [5.74, 6) is 0.0879. The molecule has 3 aromatic rings. The summed E-state index contributed by atoms with van der Waals surface area (Å²) in [5, 5.41) is 13.0. The molecule has 1 aromatic heterocycles. The van der Waals surface area contributed by atoms with Crippen LogP contribution in [0.3, 0.4) is 0 Å². The van der Waals surface area contributed by atoms with E-state index in [1.165, 1.54) is 12.1 Å². The van der Waals surface area contributed by atoms with Crippen molar-refractivity contribution in [1.82, 2.24) is 4.98 Å². The molecule has 0 fully saturated rings. The summed E-state index contributed by atoms with van der Waals surface area (Å²) < 4.78 is 38.4. The fraction of sp³-hybridized carbons (Fsp3) is 0.125. The van der Waals surface area contributed by atoms with Crippen molar-refractivity contribution >= 4 is 10.9 Å². The van der Waals surface area contributed by atoms with E-state index in [-0.39, 0.29) is 5.82 Å². The summed E-state index contributed by atoms with van der Waals surface area (Å²) in [7, 11) is 0. The Balaban J connectivity index is 2.16. The van der Waals surface area contributed by atoms with E-state index in [9.17, 15) is 18.4 Å². The van der Waals surface area contributed by atoms with Crippen molar-refractivity contribution in [2.45, 2.75) is 13.1 Å². The molecule has 6 heteroatoms. The van der Waals surface area contributed by atoms with Gasteiger partial charge in [-0.25, -0.2) is 4.73 Å². The van der Waals surface area contributed by atoms with E-state index in [2.05, 4.69) is 4.98 Å². The molecule has 0 aliphatic carbocycles. The first-order chi connectivity index (χ1) is 10.4. The predicted octanol–water partition coefficient (Wildman–Crippen LogP) is 3.86. The van der Waals surface area contributed by atoms with Gasteiger partial charge in [0, 0.05) is 0 Å². The predicted molar refractivity (Wildman–Crippen MR) is 75.9 cm³/mol. The van der Waals surface area contributed by atoms with Gasteiger partial charge in [-0.2, -0.15) is 13.2 Å². The molecule has 0 amide bonds. The first-order valence-electron chi connectivity index (χ1n) is 6.54. The molecule has 0 spiro atoms. The zero-order valence-corrected chi connectivity index (χ0v) is 11.6. The third-order valence-electron chi connectivity index (χ3n) is 3.49. The molecule has 0 N–H and O–H groups in total. The van der Waals surface area contributed by atoms with Crippen LogP contribution in [0.2, 0.25) is 0 Å². The van der Waals surface area contributed by atoms with E-state index < -0.39 is 11.7 Å². The highest BCUT2D eigenvalue weighted by Crippen LogP contribution is 2.30. The topological polar surface area (TPSA) is 39.8 Å². The Bertz CT molecular complexity index is 842. The van der Waals surface area contributed by atoms with Gasteiger partial charge in [0.25, 0.3) is 0 Å². The number of alkyl halides is 3. The molecular formula is C16H11F3N2O. The lowest BCUT2D eigenvalue weighted by atomic mass is 10.1. The number of benzene rings is 2. The highest BCUT2D eigenvalue weighted by molar-refractivity contribution is 5.81. The second kappa shape index (κ2) is 4.98. The van der Waals surface area contributed by atoms with Gasteiger partial charge >= 0.3 is 12.0 Å². The largest absolute Gasteiger partial charge is 0.710 e. The van der Waals surface area contributed by atoms with Crippen LogP contribution >= 0.6 is 0 Å². The lowest BCUT2D eigenvalue weighted by Crippen LogP contribution is -2.34. The van der Waals surface area contributed by atoms with E-state index in [1.807, 2.05) is 0 Å². The van der Waals surface area contributed by atoms with Gasteiger partial charge in [0.15, 0.2) is 5.52 Å². The number of aryl methyl sites for hydroxylation is 1. The van der Waals surface area contributed by atoms with Crippen molar-refractivity contribution in [2.24, 2.45) is 0 Å². The molecule has 22 heavy (non-hydrogen) atoms. The lowest BCUT2D eigenvalue weighted by Gasteiger charge is -2.12. The molecule has 0 aliphatic rings. The van der Waals surface area contributed by atoms with Crippen LogP contribution < -0.4 is 4.73 Å². The first kappa shape index (κ1) is 14.3. The van der Waals surface area contributed by atoms with Crippen LogP contribution in [0.4, 0.5) is 13.2 Å². The Labute approximate surface area is 124 Å². The van der Waals surface area contributed by atoms with Gasteiger partial charge in [-0.1, -0.05) is 12.1 Å². The third-order valence-corrected chi connectivity index (χ3v) is 3.49. The summed E-state index contributed by atoms with van der Waals surface area (Å²) >= 11 is 0. The number of fused-ring (bicyclic) bond motifs is 1. The van der Waals surface area contributed by atoms with Gasteiger partial charge < -0.3 is 5.21 Å². The number of para-hydroxylation sites is 1. The Hall–Kier alpha value is -2.63. The minimum atomic E-state index is -4.40. The number of rotatable bonds is 1. The molecule has 0 unspecified atom stereocenters. The van der Waals surface area contributed by atoms with E-state index in [1.54, 1.807) is 31.2 Å². The fourth-order valence-electron chi connectivity index (χ4n) is 2.29. The minimum Gasteiger partial charge on any atom is -0.710 e. The van der Waals surface area contributed by atoms with Gasteiger partial charge in [-0.05, 0) is 48.3 Å². The van der Waals surface area contributed by atoms with Gasteiger partial charge in [-0.15, -0.1) is 0 Å². The quantitative estimate of drug-likeness (QED) is 0.506. The average Bonchev–Trinajstić information content (AvgIpc) is 2.50. The Morgan fingerprint density at radius 2 is 1.64 bits per heavy atom. The summed E-state index contributed by atoms with van der Waals surface area (Å²) in [6.45, 7) is 1.66. The molecule has 0 saturated heterocycles. The molecule has 0 saturated carbocycles. The van der Waals surface area contributed by atoms with Gasteiger partial charge in [0.05, 0.1) is 16.5 Å². The fourth-order valence-corrected chi connectivity index (χ4v) is 2.29. The average molecular weight is 304 g/mol. The second-order valence-electron chi connectivity index (χ2n) is 4.91. The number of hydrogen-bond donors (Lipinski definition) is 0. The third kappa shape index (κ3) is 2.36. The van der Waals surface area contributed by atoms with Gasteiger partial charge in [-0.3, -0.25) is 0 Å². The van der Waals surface area contributed by atoms with Crippen LogP contribution in [0.15, 0.2) is 48.5 Å². The minimum absolute atomic E-state index is 0.0879. The van der Waals surface area contributed by atoms with Crippen molar-refractivity contribution < 1.29 is 17.9 Å². The van der Waals surface area contributed by atoms with Crippen molar-refractivity contribution in [3.8, 4) is 11.4 Å². The second-order valence-corrected chi connectivity index (χ2v) is 4.91.